The number of rotatable bonds is 19. The van der Waals surface area contributed by atoms with Crippen molar-refractivity contribution in [1.82, 2.24) is 19.6 Å². The molecule has 4 aliphatic heterocycles. The molecular weight excluding hydrogens is 1790 g/mol. The van der Waals surface area contributed by atoms with Crippen LogP contribution >= 0.6 is 34.5 Å². The number of amides is 8. The molecule has 5 heterocycles. The Morgan fingerprint density at radius 3 is 1.08 bits per heavy atom. The van der Waals surface area contributed by atoms with E-state index in [0.29, 0.717) is 77.3 Å². The maximum absolute atomic E-state index is 13.8. The van der Waals surface area contributed by atoms with Crippen molar-refractivity contribution < 1.29 is 61.9 Å². The van der Waals surface area contributed by atoms with Gasteiger partial charge in [-0.15, -0.1) is 11.3 Å². The molecular formula is C114H110Cl2N8O13S. The molecule has 11 aromatic carbocycles. The number of methoxy groups -OCH3 is 7. The van der Waals surface area contributed by atoms with Gasteiger partial charge < -0.3 is 74.0 Å². The van der Waals surface area contributed by atoms with E-state index in [0.717, 1.165) is 119 Å². The fourth-order valence-corrected chi connectivity index (χ4v) is 21.5. The summed E-state index contributed by atoms with van der Waals surface area (Å²) in [5.41, 5.74) is 30.0. The molecule has 8 amide bonds. The van der Waals surface area contributed by atoms with Crippen molar-refractivity contribution >= 4 is 121 Å². The predicted molar refractivity (Wildman–Crippen MR) is 549 cm³/mol. The Morgan fingerprint density at radius 1 is 0.370 bits per heavy atom. The van der Waals surface area contributed by atoms with Crippen molar-refractivity contribution in [1.29, 1.82) is 0 Å². The molecule has 0 fully saturated rings. The van der Waals surface area contributed by atoms with Crippen molar-refractivity contribution in [3.05, 3.63) is 387 Å². The van der Waals surface area contributed by atoms with Crippen LogP contribution in [0.15, 0.2) is 283 Å². The summed E-state index contributed by atoms with van der Waals surface area (Å²) in [5.74, 6) is 3.98. The van der Waals surface area contributed by atoms with Crippen molar-refractivity contribution in [2.45, 2.75) is 109 Å². The molecule has 0 radical (unpaired) electrons. The fraction of sp³-hybridized carbons (Fsp3) is 0.246. The van der Waals surface area contributed by atoms with Crippen LogP contribution in [0.25, 0.3) is 28.1 Å². The van der Waals surface area contributed by atoms with Crippen LogP contribution in [0.3, 0.4) is 0 Å². The highest BCUT2D eigenvalue weighted by Crippen LogP contribution is 2.54. The molecule has 4 aliphatic carbocycles. The van der Waals surface area contributed by atoms with Gasteiger partial charge in [0.05, 0.1) is 107 Å². The number of ketones is 1. The summed E-state index contributed by atoms with van der Waals surface area (Å²) < 4.78 is 37.3. The molecule has 138 heavy (non-hydrogen) atoms. The Bertz CT molecular complexity index is 6820. The van der Waals surface area contributed by atoms with Gasteiger partial charge in [0.2, 0.25) is 0 Å². The summed E-state index contributed by atoms with van der Waals surface area (Å²) in [7, 11) is 11.2. The quantitative estimate of drug-likeness (QED) is 0.0336. The van der Waals surface area contributed by atoms with Crippen LogP contribution < -0.4 is 45.0 Å². The molecule has 704 valence electrons. The average molecular weight is 1900 g/mol. The molecule has 21 nitrogen and oxygen atoms in total. The van der Waals surface area contributed by atoms with E-state index in [-0.39, 0.29) is 54.1 Å². The number of thiophene rings is 1. The molecule has 1 aromatic heterocycles. The third kappa shape index (κ3) is 19.9. The first kappa shape index (κ1) is 95.2. The molecule has 8 aliphatic rings. The van der Waals surface area contributed by atoms with Gasteiger partial charge in [0.25, 0.3) is 0 Å². The normalized spacial score (nSPS) is 16.6. The Labute approximate surface area is 819 Å². The number of esters is 1. The van der Waals surface area contributed by atoms with E-state index in [1.165, 1.54) is 119 Å². The summed E-state index contributed by atoms with van der Waals surface area (Å²) >= 11 is 14.1. The Hall–Kier alpha value is -14.6. The number of benzene rings is 11. The van der Waals surface area contributed by atoms with Crippen LogP contribution in [-0.2, 0) is 35.2 Å². The van der Waals surface area contributed by atoms with E-state index in [9.17, 15) is 28.8 Å². The van der Waals surface area contributed by atoms with E-state index < -0.39 is 5.97 Å². The standard InChI is InChI=1S/C31H32N2O3.C28H25ClN2O4.C28H28N2O3S.C27H25ClN2O3/c1-4-7-29(34)25-8-5-6-9-28(25)32-31(35)33-17-16-24-26-19-23(36-3)15-14-22(26)18-27(24)30(33)21-12-10-20(2)11-13-21;1-34-20-11-8-17(9-12-20)26-24-15-18-7-10-19(29)16-23(18)21(24)13-14-31(26)28(33)30-25-6-4-3-5-22(25)27(32)35-2;1-17-5-7-19(8-6-17)26-24-15-20-9-10-21(33-4)16-23(20)22(24)11-13-30(26)28(31)29-25-12-14-34-27(25)18(2)32-3;1-32-20-11-8-17(9-12-20)26-23-15-18-7-10-19(28)16-22(18)21(23)13-14-30(26)27(31)29-24-5-3-4-6-25(24)33-2/h5-6,8-15,19,30H,4,7,16-18H2,1-3H3,(H,32,35);3-12,16,26H,13-15H2,1-2H3,(H,30,33);5-10,12,14,16,26H,2,11,13,15H2,1,3-4H3,(H,29,31);3-12,16,26H,13-15H2,1-2H3,(H,29,31). The number of hydrogen-bond donors (Lipinski definition) is 4. The lowest BCUT2D eigenvalue weighted by Gasteiger charge is -2.38. The second kappa shape index (κ2) is 42.4. The summed E-state index contributed by atoms with van der Waals surface area (Å²) in [4.78, 5) is 88.0. The molecule has 20 rings (SSSR count). The zero-order valence-electron chi connectivity index (χ0n) is 78.9. The number of Topliss-reactive ketones (excluding diaryl/α,β-unsaturated/α-hetero) is 1. The summed E-state index contributed by atoms with van der Waals surface area (Å²) in [6, 6.07) is 79.4. The van der Waals surface area contributed by atoms with E-state index in [1.54, 1.807) is 73.0 Å². The summed E-state index contributed by atoms with van der Waals surface area (Å²) in [6.07, 6.45) is 7.53. The number of urea groups is 4. The molecule has 4 unspecified atom stereocenters. The number of ether oxygens (including phenoxy) is 7. The van der Waals surface area contributed by atoms with Crippen LogP contribution in [0.4, 0.5) is 41.9 Å². The molecule has 0 saturated carbocycles. The summed E-state index contributed by atoms with van der Waals surface area (Å²) in [6.45, 7) is 12.4. The fourth-order valence-electron chi connectivity index (χ4n) is 20.3. The molecule has 4 atom stereocenters. The van der Waals surface area contributed by atoms with Gasteiger partial charge in [0.1, 0.15) is 34.5 Å². The minimum atomic E-state index is -0.501. The first-order valence-electron chi connectivity index (χ1n) is 46.3. The van der Waals surface area contributed by atoms with Gasteiger partial charge >= 0.3 is 30.1 Å². The molecule has 12 aromatic rings. The molecule has 0 saturated heterocycles. The van der Waals surface area contributed by atoms with E-state index >= 15 is 0 Å². The molecule has 24 heteroatoms. The SMILES string of the molecule is C=C(OC)c1sccc1NC(=O)N1CCC2=C(Cc3ccc(OC)cc32)C1c1ccc(C)cc1.CCCC(=O)c1ccccc1NC(=O)N1CCC2=C(Cc3ccc(OC)cc32)C1c1ccc(C)cc1.COC(=O)c1ccccc1NC(=O)N1CCC2=C(Cc3ccc(Cl)cc32)C1c1ccc(OC)cc1.COc1ccc(C2C3=C(CCN2C(=O)Nc2ccccc2OC)c2cc(Cl)ccc2C3)cc1. The Balaban J connectivity index is 0.000000127. The van der Waals surface area contributed by atoms with Crippen LogP contribution in [0.5, 0.6) is 28.7 Å². The van der Waals surface area contributed by atoms with Crippen LogP contribution in [0.1, 0.15) is 173 Å². The molecule has 0 bridgehead atoms. The second-order valence-corrected chi connectivity index (χ2v) is 36.9. The number of fused-ring (bicyclic) bond motifs is 8. The van der Waals surface area contributed by atoms with Gasteiger partial charge in [-0.25, -0.2) is 24.0 Å². The lowest BCUT2D eigenvalue weighted by Crippen LogP contribution is -2.42. The highest BCUT2D eigenvalue weighted by Gasteiger charge is 2.44. The van der Waals surface area contributed by atoms with E-state index in [1.807, 2.05) is 159 Å². The largest absolute Gasteiger partial charge is 0.497 e. The van der Waals surface area contributed by atoms with Crippen LogP contribution in [0.2, 0.25) is 10.0 Å². The first-order valence-corrected chi connectivity index (χ1v) is 48.0. The lowest BCUT2D eigenvalue weighted by atomic mass is 9.88. The maximum Gasteiger partial charge on any atom is 0.339 e. The second-order valence-electron chi connectivity index (χ2n) is 35.1. The minimum absolute atomic E-state index is 0.0484. The maximum atomic E-state index is 13.8. The van der Waals surface area contributed by atoms with Gasteiger partial charge in [-0.1, -0.05) is 181 Å². The number of nitrogens with zero attached hydrogens (tertiary/aromatic N) is 4. The third-order valence-electron chi connectivity index (χ3n) is 27.1. The van der Waals surface area contributed by atoms with Crippen LogP contribution in [-0.4, -0.2) is 131 Å². The Morgan fingerprint density at radius 2 is 0.703 bits per heavy atom. The predicted octanol–water partition coefficient (Wildman–Crippen LogP) is 26.1. The zero-order chi connectivity index (χ0) is 96.5. The lowest BCUT2D eigenvalue weighted by molar-refractivity contribution is 0.0601. The minimum Gasteiger partial charge on any atom is -0.497 e. The van der Waals surface area contributed by atoms with Crippen molar-refractivity contribution in [2.24, 2.45) is 0 Å². The molecule has 0 spiro atoms. The topological polar surface area (TPSA) is 228 Å². The Kier molecular flexibility index (Phi) is 29.2. The van der Waals surface area contributed by atoms with E-state index in [4.69, 9.17) is 56.4 Å². The number of carbonyl (C=O) groups excluding carboxylic acids is 6. The number of para-hydroxylation sites is 4. The van der Waals surface area contributed by atoms with Gasteiger partial charge in [-0.2, -0.15) is 0 Å². The van der Waals surface area contributed by atoms with Crippen molar-refractivity contribution in [2.75, 3.05) is 97.2 Å². The van der Waals surface area contributed by atoms with Crippen molar-refractivity contribution in [3.63, 3.8) is 0 Å². The number of carbonyl (C=O) groups is 6. The van der Waals surface area contributed by atoms with Gasteiger partial charge in [-0.3, -0.25) is 4.79 Å². The third-order valence-corrected chi connectivity index (χ3v) is 28.5. The summed E-state index contributed by atoms with van der Waals surface area (Å²) in [5, 5.41) is 15.6. The number of nitrogens with one attached hydrogen (secondary N) is 4. The van der Waals surface area contributed by atoms with Crippen LogP contribution in [0, 0.1) is 13.8 Å². The number of hydrogen-bond acceptors (Lipinski definition) is 14. The number of halogens is 2. The highest BCUT2D eigenvalue weighted by molar-refractivity contribution is 7.11. The van der Waals surface area contributed by atoms with Crippen molar-refractivity contribution in [3.8, 4) is 28.7 Å². The number of anilines is 4. The van der Waals surface area contributed by atoms with E-state index in [2.05, 4.69) is 133 Å². The zero-order valence-corrected chi connectivity index (χ0v) is 81.3. The molecule has 4 N–H and O–H groups in total. The van der Waals surface area contributed by atoms with Gasteiger partial charge in [0.15, 0.2) is 5.78 Å². The first-order chi connectivity index (χ1) is 67.1. The highest BCUT2D eigenvalue weighted by atomic mass is 35.5. The monoisotopic (exact) mass is 1900 g/mol. The van der Waals surface area contributed by atoms with Gasteiger partial charge in [-0.05, 0) is 304 Å². The average Bonchev–Trinajstić information content (AvgIpc) is 1.60. The number of aryl methyl sites for hydroxylation is 2. The van der Waals surface area contributed by atoms with Gasteiger partial charge in [0, 0.05) is 48.2 Å². The smallest absolute Gasteiger partial charge is 0.339 e.